The molecule has 0 heterocycles. The molecule has 0 aliphatic rings. The van der Waals surface area contributed by atoms with Crippen molar-refractivity contribution in [2.24, 2.45) is 0 Å². The molecule has 1 radical (unpaired) electrons. The summed E-state index contributed by atoms with van der Waals surface area (Å²) in [6, 6.07) is 0. The number of hydrogen-bond donors (Lipinski definition) is 0. The Kier molecular flexibility index (Phi) is 8.14. The minimum atomic E-state index is 0.920. The summed E-state index contributed by atoms with van der Waals surface area (Å²) in [6.45, 7) is 8.23. The van der Waals surface area contributed by atoms with Crippen molar-refractivity contribution in [3.8, 4) is 0 Å². The average molecular weight is 217 g/mol. The Morgan fingerprint density at radius 1 is 1.19 bits per heavy atom. The van der Waals surface area contributed by atoms with Crippen LogP contribution >= 0.6 is 0 Å². The zero-order chi connectivity index (χ0) is 12.4. The molecule has 0 bridgehead atoms. The van der Waals surface area contributed by atoms with Gasteiger partial charge in [0.15, 0.2) is 0 Å². The molecule has 1 heteroatoms. The highest BCUT2D eigenvalue weighted by molar-refractivity contribution is 5.67. The molecule has 0 aliphatic carbocycles. The van der Waals surface area contributed by atoms with Gasteiger partial charge in [0.05, 0.1) is 0 Å². The molecule has 0 atom stereocenters. The summed E-state index contributed by atoms with van der Waals surface area (Å²) in [7, 11) is 0. The second kappa shape index (κ2) is 8.90. The Balaban J connectivity index is 4.09. The van der Waals surface area contributed by atoms with Gasteiger partial charge in [0.1, 0.15) is 0 Å². The number of allylic oxidation sites excluding steroid dienone is 8. The van der Waals surface area contributed by atoms with Crippen LogP contribution in [0.4, 0.5) is 0 Å². The summed E-state index contributed by atoms with van der Waals surface area (Å²) >= 11 is 0. The van der Waals surface area contributed by atoms with Crippen LogP contribution < -0.4 is 0 Å². The van der Waals surface area contributed by atoms with Crippen molar-refractivity contribution < 1.29 is 4.79 Å². The lowest BCUT2D eigenvalue weighted by Crippen LogP contribution is -1.76. The van der Waals surface area contributed by atoms with E-state index in [2.05, 4.69) is 32.9 Å². The van der Waals surface area contributed by atoms with Gasteiger partial charge in [-0.1, -0.05) is 35.5 Å². The van der Waals surface area contributed by atoms with Crippen molar-refractivity contribution >= 4 is 6.29 Å². The maximum absolute atomic E-state index is 10.1. The van der Waals surface area contributed by atoms with Crippen LogP contribution in [0.15, 0.2) is 47.1 Å². The van der Waals surface area contributed by atoms with Crippen LogP contribution in [0.5, 0.6) is 0 Å². The predicted molar refractivity (Wildman–Crippen MR) is 71.0 cm³/mol. The van der Waals surface area contributed by atoms with Crippen molar-refractivity contribution in [2.75, 3.05) is 0 Å². The Morgan fingerprint density at radius 3 is 2.44 bits per heavy atom. The molecule has 16 heavy (non-hydrogen) atoms. The maximum atomic E-state index is 10.1. The highest BCUT2D eigenvalue weighted by Crippen LogP contribution is 2.07. The van der Waals surface area contributed by atoms with Gasteiger partial charge in [-0.25, -0.2) is 0 Å². The number of rotatable bonds is 6. The van der Waals surface area contributed by atoms with Gasteiger partial charge in [0, 0.05) is 0 Å². The van der Waals surface area contributed by atoms with Crippen molar-refractivity contribution in [1.82, 2.24) is 0 Å². The first-order valence-corrected chi connectivity index (χ1v) is 5.58. The van der Waals surface area contributed by atoms with Crippen molar-refractivity contribution in [3.05, 3.63) is 47.1 Å². The number of carbonyl (C=O) groups excluding carboxylic acids is 1. The normalized spacial score (nSPS) is 13.0. The summed E-state index contributed by atoms with van der Waals surface area (Å²) < 4.78 is 0. The molecule has 0 spiro atoms. The molecule has 0 fully saturated rings. The molecule has 87 valence electrons. The van der Waals surface area contributed by atoms with Crippen LogP contribution in [0.3, 0.4) is 0 Å². The molecule has 1 nitrogen and oxygen atoms in total. The Bertz CT molecular complexity index is 323. The summed E-state index contributed by atoms with van der Waals surface area (Å²) in [5, 5.41) is 0. The lowest BCUT2D eigenvalue weighted by atomic mass is 10.1. The maximum Gasteiger partial charge on any atom is 0.225 e. The van der Waals surface area contributed by atoms with Crippen molar-refractivity contribution in [2.45, 2.75) is 40.5 Å². The molecule has 0 aromatic carbocycles. The van der Waals surface area contributed by atoms with Crippen LogP contribution in [0.25, 0.3) is 0 Å². The van der Waals surface area contributed by atoms with E-state index < -0.39 is 0 Å². The zero-order valence-corrected chi connectivity index (χ0v) is 10.7. The minimum Gasteiger partial charge on any atom is -0.286 e. The Morgan fingerprint density at radius 2 is 1.88 bits per heavy atom. The molecule has 0 rings (SSSR count). The summed E-state index contributed by atoms with van der Waals surface area (Å²) in [5.74, 6) is 0. The molecule has 0 aromatic rings. The van der Waals surface area contributed by atoms with E-state index in [9.17, 15) is 4.79 Å². The van der Waals surface area contributed by atoms with Gasteiger partial charge < -0.3 is 0 Å². The monoisotopic (exact) mass is 217 g/mol. The summed E-state index contributed by atoms with van der Waals surface area (Å²) in [4.78, 5) is 10.1. The van der Waals surface area contributed by atoms with Crippen LogP contribution in [0.1, 0.15) is 40.5 Å². The second-order valence-corrected chi connectivity index (χ2v) is 4.20. The third kappa shape index (κ3) is 9.20. The first kappa shape index (κ1) is 14.6. The molecule has 0 amide bonds. The van der Waals surface area contributed by atoms with E-state index in [0.29, 0.717) is 0 Å². The first-order chi connectivity index (χ1) is 7.56. The predicted octanol–water partition coefficient (Wildman–Crippen LogP) is 4.29. The van der Waals surface area contributed by atoms with Gasteiger partial charge in [0.2, 0.25) is 6.29 Å². The van der Waals surface area contributed by atoms with Gasteiger partial charge in [-0.15, -0.1) is 0 Å². The van der Waals surface area contributed by atoms with Crippen LogP contribution in [0, 0.1) is 0 Å². The van der Waals surface area contributed by atoms with Crippen LogP contribution in [0.2, 0.25) is 0 Å². The third-order valence-electron chi connectivity index (χ3n) is 2.12. The number of hydrogen-bond acceptors (Lipinski definition) is 1. The molecule has 0 saturated carbocycles. The standard InChI is InChI=1S/C15H21O/c1-13(2)7-5-8-14(3)9-6-10-15(4)11-12-16/h6-7,9-11H,5,8H2,1-4H3/b10-6+,14-9+,15-11+. The third-order valence-corrected chi connectivity index (χ3v) is 2.12. The molecule has 0 N–H and O–H groups in total. The fourth-order valence-electron chi connectivity index (χ4n) is 1.18. The van der Waals surface area contributed by atoms with E-state index in [1.54, 1.807) is 6.29 Å². The van der Waals surface area contributed by atoms with Crippen molar-refractivity contribution in [3.63, 3.8) is 0 Å². The fourth-order valence-corrected chi connectivity index (χ4v) is 1.18. The van der Waals surface area contributed by atoms with Crippen LogP contribution in [-0.2, 0) is 4.79 Å². The largest absolute Gasteiger partial charge is 0.286 e. The smallest absolute Gasteiger partial charge is 0.225 e. The van der Waals surface area contributed by atoms with Gasteiger partial charge in [-0.3, -0.25) is 4.79 Å². The first-order valence-electron chi connectivity index (χ1n) is 5.58. The minimum absolute atomic E-state index is 0.920. The highest BCUT2D eigenvalue weighted by Gasteiger charge is 1.87. The Hall–Kier alpha value is -1.37. The topological polar surface area (TPSA) is 17.1 Å². The van der Waals surface area contributed by atoms with E-state index in [0.717, 1.165) is 18.4 Å². The average Bonchev–Trinajstić information content (AvgIpc) is 2.17. The van der Waals surface area contributed by atoms with Crippen molar-refractivity contribution in [1.29, 1.82) is 0 Å². The molecule has 0 saturated heterocycles. The van der Waals surface area contributed by atoms with Gasteiger partial charge in [-0.2, -0.15) is 0 Å². The molecule has 0 aliphatic heterocycles. The molecule has 0 aromatic heterocycles. The second-order valence-electron chi connectivity index (χ2n) is 4.20. The fraction of sp³-hybridized carbons (Fsp3) is 0.400. The molecular weight excluding hydrogens is 196 g/mol. The Labute approximate surface area is 99.3 Å². The lowest BCUT2D eigenvalue weighted by Gasteiger charge is -1.96. The van der Waals surface area contributed by atoms with Gasteiger partial charge in [0.25, 0.3) is 0 Å². The molecular formula is C15H21O. The molecule has 0 unspecified atom stereocenters. The lowest BCUT2D eigenvalue weighted by molar-refractivity contribution is 0.564. The summed E-state index contributed by atoms with van der Waals surface area (Å²) in [6.07, 6.45) is 13.6. The zero-order valence-electron chi connectivity index (χ0n) is 10.7. The summed E-state index contributed by atoms with van der Waals surface area (Å²) in [5.41, 5.74) is 3.63. The van der Waals surface area contributed by atoms with E-state index in [1.807, 2.05) is 19.1 Å². The SMILES string of the molecule is CC(C)=CCC/C(C)=C/C=C/C(C)=C/[C]=O. The van der Waals surface area contributed by atoms with E-state index >= 15 is 0 Å². The van der Waals surface area contributed by atoms with E-state index in [-0.39, 0.29) is 0 Å². The quantitative estimate of drug-likeness (QED) is 0.368. The van der Waals surface area contributed by atoms with Crippen LogP contribution in [-0.4, -0.2) is 6.29 Å². The highest BCUT2D eigenvalue weighted by atomic mass is 16.1. The van der Waals surface area contributed by atoms with Gasteiger partial charge in [-0.05, 0) is 52.2 Å². The van der Waals surface area contributed by atoms with Gasteiger partial charge >= 0.3 is 0 Å². The van der Waals surface area contributed by atoms with E-state index in [4.69, 9.17) is 0 Å². The van der Waals surface area contributed by atoms with E-state index in [1.165, 1.54) is 17.2 Å².